The van der Waals surface area contributed by atoms with Crippen LogP contribution >= 0.6 is 0 Å². The van der Waals surface area contributed by atoms with Crippen molar-refractivity contribution in [3.63, 3.8) is 0 Å². The fraction of sp³-hybridized carbons (Fsp3) is 0.500. The minimum atomic E-state index is 0.781. The van der Waals surface area contributed by atoms with Gasteiger partial charge in [-0.15, -0.1) is 0 Å². The minimum Gasteiger partial charge on any atom is -0.299 e. The molecule has 0 bridgehead atoms. The van der Waals surface area contributed by atoms with Gasteiger partial charge in [0.1, 0.15) is 6.29 Å². The largest absolute Gasteiger partial charge is 0.299 e. The Morgan fingerprint density at radius 3 is 2.18 bits per heavy atom. The number of rotatable bonds is 2. The van der Waals surface area contributed by atoms with E-state index in [0.29, 0.717) is 0 Å². The molecule has 11 heavy (non-hydrogen) atoms. The first-order chi connectivity index (χ1) is 5.41. The molecule has 0 spiro atoms. The Kier molecular flexibility index (Phi) is 8.44. The number of carbonyl (C=O) groups excluding carboxylic acids is 1. The van der Waals surface area contributed by atoms with E-state index in [0.717, 1.165) is 12.7 Å². The lowest BCUT2D eigenvalue weighted by Gasteiger charge is -1.69. The van der Waals surface area contributed by atoms with Crippen molar-refractivity contribution in [1.29, 1.82) is 0 Å². The third kappa shape index (κ3) is 9.15. The molecule has 1 heteroatoms. The molecule has 0 heterocycles. The highest BCUT2D eigenvalue weighted by molar-refractivity contribution is 5.64. The summed E-state index contributed by atoms with van der Waals surface area (Å²) in [5, 5.41) is 0. The van der Waals surface area contributed by atoms with E-state index in [4.69, 9.17) is 0 Å². The molecule has 0 unspecified atom stereocenters. The molecule has 0 aromatic carbocycles. The lowest BCUT2D eigenvalue weighted by molar-refractivity contribution is -0.104. The summed E-state index contributed by atoms with van der Waals surface area (Å²) in [6.07, 6.45) is 13.5. The monoisotopic (exact) mass is 152 g/mol. The molecule has 0 aromatic heterocycles. The summed E-state index contributed by atoms with van der Waals surface area (Å²) in [7, 11) is 0. The number of hydrogen-bond acceptors (Lipinski definition) is 1. The van der Waals surface area contributed by atoms with Gasteiger partial charge in [-0.3, -0.25) is 4.79 Å². The Balaban J connectivity index is 0.000000183. The van der Waals surface area contributed by atoms with Crippen LogP contribution in [0.4, 0.5) is 0 Å². The zero-order valence-electron chi connectivity index (χ0n) is 7.12. The highest BCUT2D eigenvalue weighted by Crippen LogP contribution is 2.05. The molecule has 0 fully saturated rings. The first kappa shape index (κ1) is 10.2. The minimum absolute atomic E-state index is 0.781. The molecule has 1 aliphatic carbocycles. The van der Waals surface area contributed by atoms with Crippen LogP contribution in [0.5, 0.6) is 0 Å². The van der Waals surface area contributed by atoms with Gasteiger partial charge in [0.05, 0.1) is 0 Å². The summed E-state index contributed by atoms with van der Waals surface area (Å²) in [4.78, 5) is 9.48. The van der Waals surface area contributed by atoms with Crippen molar-refractivity contribution in [3.8, 4) is 0 Å². The zero-order valence-corrected chi connectivity index (χ0v) is 7.12. The molecular weight excluding hydrogens is 136 g/mol. The SMILES string of the molecule is C1=CCCC1.CCC=CC=O. The lowest BCUT2D eigenvalue weighted by atomic mass is 10.4. The average Bonchev–Trinajstić information content (AvgIpc) is 2.57. The predicted molar refractivity (Wildman–Crippen MR) is 48.5 cm³/mol. The quantitative estimate of drug-likeness (QED) is 0.338. The molecule has 0 amide bonds. The second kappa shape index (κ2) is 9.15. The molecule has 0 aromatic rings. The molecule has 0 saturated heterocycles. The summed E-state index contributed by atoms with van der Waals surface area (Å²) in [6.45, 7) is 1.99. The molecule has 1 aliphatic rings. The van der Waals surface area contributed by atoms with Gasteiger partial charge < -0.3 is 0 Å². The van der Waals surface area contributed by atoms with Gasteiger partial charge in [-0.25, -0.2) is 0 Å². The second-order valence-corrected chi connectivity index (χ2v) is 2.37. The van der Waals surface area contributed by atoms with Gasteiger partial charge in [-0.1, -0.05) is 25.2 Å². The van der Waals surface area contributed by atoms with Crippen LogP contribution in [0.15, 0.2) is 24.3 Å². The third-order valence-corrected chi connectivity index (χ3v) is 1.36. The number of carbonyl (C=O) groups is 1. The first-order valence-corrected chi connectivity index (χ1v) is 4.17. The van der Waals surface area contributed by atoms with Crippen LogP contribution < -0.4 is 0 Å². The van der Waals surface area contributed by atoms with Crippen LogP contribution in [0, 0.1) is 0 Å². The van der Waals surface area contributed by atoms with Gasteiger partial charge >= 0.3 is 0 Å². The number of hydrogen-bond donors (Lipinski definition) is 0. The van der Waals surface area contributed by atoms with Gasteiger partial charge in [0.15, 0.2) is 0 Å². The molecule has 0 radical (unpaired) electrons. The summed E-state index contributed by atoms with van der Waals surface area (Å²) in [6, 6.07) is 0. The number of allylic oxidation sites excluding steroid dienone is 4. The maximum atomic E-state index is 9.48. The summed E-state index contributed by atoms with van der Waals surface area (Å²) >= 11 is 0. The normalized spacial score (nSPS) is 14.6. The Morgan fingerprint density at radius 2 is 2.00 bits per heavy atom. The van der Waals surface area contributed by atoms with Gasteiger partial charge in [-0.2, -0.15) is 0 Å². The third-order valence-electron chi connectivity index (χ3n) is 1.36. The Labute approximate surface area is 68.8 Å². The molecule has 1 rings (SSSR count). The molecule has 0 aliphatic heterocycles. The predicted octanol–water partition coefficient (Wildman–Crippen LogP) is 2.88. The van der Waals surface area contributed by atoms with Crippen molar-refractivity contribution in [2.24, 2.45) is 0 Å². The van der Waals surface area contributed by atoms with Gasteiger partial charge in [0, 0.05) is 0 Å². The summed E-state index contributed by atoms with van der Waals surface area (Å²) in [5.41, 5.74) is 0. The van der Waals surface area contributed by atoms with E-state index in [1.807, 2.05) is 13.0 Å². The van der Waals surface area contributed by atoms with E-state index in [-0.39, 0.29) is 0 Å². The van der Waals surface area contributed by atoms with Gasteiger partial charge in [0.25, 0.3) is 0 Å². The van der Waals surface area contributed by atoms with E-state index in [1.54, 1.807) is 0 Å². The van der Waals surface area contributed by atoms with Crippen molar-refractivity contribution in [2.45, 2.75) is 32.6 Å². The average molecular weight is 152 g/mol. The molecule has 0 atom stereocenters. The zero-order chi connectivity index (χ0) is 8.36. The van der Waals surface area contributed by atoms with E-state index < -0.39 is 0 Å². The van der Waals surface area contributed by atoms with E-state index >= 15 is 0 Å². The van der Waals surface area contributed by atoms with E-state index in [1.165, 1.54) is 25.3 Å². The topological polar surface area (TPSA) is 17.1 Å². The Bertz CT molecular complexity index is 128. The maximum Gasteiger partial charge on any atom is 0.142 e. The maximum absolute atomic E-state index is 9.48. The van der Waals surface area contributed by atoms with Crippen LogP contribution in [-0.4, -0.2) is 6.29 Å². The molecule has 1 nitrogen and oxygen atoms in total. The van der Waals surface area contributed by atoms with Crippen LogP contribution in [0.2, 0.25) is 0 Å². The molecule has 0 N–H and O–H groups in total. The Hall–Kier alpha value is -0.850. The highest BCUT2D eigenvalue weighted by Gasteiger charge is 1.84. The fourth-order valence-corrected chi connectivity index (χ4v) is 0.781. The van der Waals surface area contributed by atoms with Crippen molar-refractivity contribution < 1.29 is 4.79 Å². The van der Waals surface area contributed by atoms with Gasteiger partial charge in [-0.05, 0) is 31.8 Å². The molecular formula is C10H16O. The van der Waals surface area contributed by atoms with Crippen molar-refractivity contribution >= 4 is 6.29 Å². The van der Waals surface area contributed by atoms with Crippen molar-refractivity contribution in [3.05, 3.63) is 24.3 Å². The van der Waals surface area contributed by atoms with Crippen molar-refractivity contribution in [2.75, 3.05) is 0 Å². The van der Waals surface area contributed by atoms with Gasteiger partial charge in [0.2, 0.25) is 0 Å². The van der Waals surface area contributed by atoms with Crippen LogP contribution in [-0.2, 0) is 4.79 Å². The fourth-order valence-electron chi connectivity index (χ4n) is 0.781. The Morgan fingerprint density at radius 1 is 1.36 bits per heavy atom. The first-order valence-electron chi connectivity index (χ1n) is 4.17. The van der Waals surface area contributed by atoms with Crippen LogP contribution in [0.1, 0.15) is 32.6 Å². The highest BCUT2D eigenvalue weighted by atomic mass is 16.1. The standard InChI is InChI=1S/C5H8O.C5H8/c1-2-3-4-5-6;1-2-4-5-3-1/h3-5H,2H2,1H3;1-2H,3-5H2. The summed E-state index contributed by atoms with van der Waals surface area (Å²) < 4.78 is 0. The van der Waals surface area contributed by atoms with Crippen molar-refractivity contribution in [1.82, 2.24) is 0 Å². The second-order valence-electron chi connectivity index (χ2n) is 2.37. The molecule has 62 valence electrons. The van der Waals surface area contributed by atoms with Crippen LogP contribution in [0.3, 0.4) is 0 Å². The smallest absolute Gasteiger partial charge is 0.142 e. The molecule has 0 saturated carbocycles. The summed E-state index contributed by atoms with van der Waals surface area (Å²) in [5.74, 6) is 0. The van der Waals surface area contributed by atoms with E-state index in [9.17, 15) is 4.79 Å². The number of aldehydes is 1. The lowest BCUT2D eigenvalue weighted by Crippen LogP contribution is -1.55. The van der Waals surface area contributed by atoms with Crippen LogP contribution in [0.25, 0.3) is 0 Å². The van der Waals surface area contributed by atoms with E-state index in [2.05, 4.69) is 12.2 Å².